The highest BCUT2D eigenvalue weighted by molar-refractivity contribution is 7.89. The van der Waals surface area contributed by atoms with Crippen molar-refractivity contribution in [1.29, 1.82) is 0 Å². The third kappa shape index (κ3) is 2.76. The normalized spacial score (nSPS) is 20.1. The van der Waals surface area contributed by atoms with Crippen molar-refractivity contribution in [2.24, 2.45) is 5.41 Å². The van der Waals surface area contributed by atoms with E-state index in [0.29, 0.717) is 24.9 Å². The van der Waals surface area contributed by atoms with Gasteiger partial charge in [-0.15, -0.1) is 0 Å². The van der Waals surface area contributed by atoms with Gasteiger partial charge in [0.05, 0.1) is 6.20 Å². The molecule has 0 unspecified atom stereocenters. The molecule has 1 N–H and O–H groups in total. The molecule has 2 heterocycles. The topological polar surface area (TPSA) is 66.1 Å². The van der Waals surface area contributed by atoms with Gasteiger partial charge in [0.1, 0.15) is 5.82 Å². The molecule has 0 saturated carbocycles. The zero-order valence-corrected chi connectivity index (χ0v) is 13.5. The number of aromatic amines is 1. The Kier molecular flexibility index (Phi) is 4.54. The summed E-state index contributed by atoms with van der Waals surface area (Å²) >= 11 is 0. The van der Waals surface area contributed by atoms with Gasteiger partial charge in [-0.2, -0.15) is 4.31 Å². The second-order valence-corrected chi connectivity index (χ2v) is 7.57. The van der Waals surface area contributed by atoms with Crippen LogP contribution in [0.25, 0.3) is 0 Å². The fourth-order valence-corrected chi connectivity index (χ4v) is 4.33. The van der Waals surface area contributed by atoms with Crippen LogP contribution in [-0.2, 0) is 16.4 Å². The summed E-state index contributed by atoms with van der Waals surface area (Å²) in [6.07, 6.45) is 6.31. The molecule has 114 valence electrons. The molecule has 1 saturated heterocycles. The quantitative estimate of drug-likeness (QED) is 0.908. The van der Waals surface area contributed by atoms with Gasteiger partial charge in [0.2, 0.25) is 0 Å². The Balaban J connectivity index is 2.13. The Morgan fingerprint density at radius 3 is 2.30 bits per heavy atom. The molecule has 0 aromatic carbocycles. The maximum Gasteiger partial charge on any atom is 0.260 e. The number of sulfonamides is 1. The van der Waals surface area contributed by atoms with Crippen molar-refractivity contribution in [2.45, 2.75) is 57.9 Å². The zero-order valence-electron chi connectivity index (χ0n) is 12.6. The smallest absolute Gasteiger partial charge is 0.260 e. The van der Waals surface area contributed by atoms with E-state index >= 15 is 0 Å². The van der Waals surface area contributed by atoms with Gasteiger partial charge in [-0.05, 0) is 18.3 Å². The summed E-state index contributed by atoms with van der Waals surface area (Å²) in [7, 11) is -3.40. The fourth-order valence-electron chi connectivity index (χ4n) is 2.95. The Bertz CT molecular complexity index is 537. The summed E-state index contributed by atoms with van der Waals surface area (Å²) in [4.78, 5) is 7.00. The van der Waals surface area contributed by atoms with Gasteiger partial charge >= 0.3 is 0 Å². The summed E-state index contributed by atoms with van der Waals surface area (Å²) in [6.45, 7) is 7.59. The molecule has 1 fully saturated rings. The highest BCUT2D eigenvalue weighted by Gasteiger charge is 2.36. The van der Waals surface area contributed by atoms with Gasteiger partial charge in [0.15, 0.2) is 5.03 Å². The van der Waals surface area contributed by atoms with Gasteiger partial charge < -0.3 is 4.98 Å². The van der Waals surface area contributed by atoms with Gasteiger partial charge in [-0.1, -0.05) is 33.6 Å². The van der Waals surface area contributed by atoms with E-state index in [-0.39, 0.29) is 5.03 Å². The number of imidazole rings is 1. The molecule has 0 bridgehead atoms. The Morgan fingerprint density at radius 1 is 1.25 bits per heavy atom. The summed E-state index contributed by atoms with van der Waals surface area (Å²) in [5.41, 5.74) is 0.328. The van der Waals surface area contributed by atoms with Crippen molar-refractivity contribution in [3.05, 3.63) is 12.0 Å². The van der Waals surface area contributed by atoms with Crippen LogP contribution < -0.4 is 0 Å². The number of nitrogens with zero attached hydrogens (tertiary/aromatic N) is 2. The van der Waals surface area contributed by atoms with Crippen LogP contribution in [-0.4, -0.2) is 35.8 Å². The molecule has 0 amide bonds. The first kappa shape index (κ1) is 15.5. The molecule has 5 nitrogen and oxygen atoms in total. The Labute approximate surface area is 121 Å². The number of hydrogen-bond acceptors (Lipinski definition) is 3. The highest BCUT2D eigenvalue weighted by atomic mass is 32.2. The van der Waals surface area contributed by atoms with Crippen LogP contribution in [0.15, 0.2) is 11.2 Å². The lowest BCUT2D eigenvalue weighted by atomic mass is 9.75. The maximum atomic E-state index is 12.6. The van der Waals surface area contributed by atoms with Gasteiger partial charge in [-0.3, -0.25) is 0 Å². The van der Waals surface area contributed by atoms with Crippen LogP contribution in [0.2, 0.25) is 0 Å². The molecule has 20 heavy (non-hydrogen) atoms. The van der Waals surface area contributed by atoms with Crippen molar-refractivity contribution in [1.82, 2.24) is 14.3 Å². The molecule has 1 aromatic rings. The molecule has 1 aliphatic heterocycles. The minimum Gasteiger partial charge on any atom is -0.332 e. The van der Waals surface area contributed by atoms with Crippen LogP contribution in [0.4, 0.5) is 0 Å². The molecular formula is C14H25N3O2S. The number of hydrogen-bond donors (Lipinski definition) is 1. The van der Waals surface area contributed by atoms with Gasteiger partial charge in [0, 0.05) is 19.5 Å². The van der Waals surface area contributed by atoms with E-state index in [4.69, 9.17) is 0 Å². The molecule has 2 rings (SSSR count). The molecule has 0 spiro atoms. The molecule has 0 atom stereocenters. The van der Waals surface area contributed by atoms with Crippen molar-refractivity contribution in [3.8, 4) is 0 Å². The molecule has 1 aromatic heterocycles. The highest BCUT2D eigenvalue weighted by Crippen LogP contribution is 2.39. The Morgan fingerprint density at radius 2 is 1.85 bits per heavy atom. The first-order valence-electron chi connectivity index (χ1n) is 7.51. The number of rotatable bonds is 5. The van der Waals surface area contributed by atoms with Crippen LogP contribution in [0.5, 0.6) is 0 Å². The fraction of sp³-hybridized carbons (Fsp3) is 0.786. The number of nitrogens with one attached hydrogen (secondary N) is 1. The standard InChI is InChI=1S/C14H25N3O2S/c1-4-12-15-11-13(16-12)20(18,19)17-9-7-14(5-2,6-3)8-10-17/h11H,4-10H2,1-3H3,(H,15,16). The van der Waals surface area contributed by atoms with Gasteiger partial charge in [0.25, 0.3) is 10.0 Å². The summed E-state index contributed by atoms with van der Waals surface area (Å²) in [6, 6.07) is 0. The van der Waals surface area contributed by atoms with E-state index in [1.165, 1.54) is 6.20 Å². The SMILES string of the molecule is CCc1ncc(S(=O)(=O)N2CCC(CC)(CC)CC2)[nH]1. The summed E-state index contributed by atoms with van der Waals surface area (Å²) in [5, 5.41) is 0.231. The number of piperidine rings is 1. The third-order valence-electron chi connectivity index (χ3n) is 4.84. The lowest BCUT2D eigenvalue weighted by Gasteiger charge is -2.40. The van der Waals surface area contributed by atoms with Crippen LogP contribution in [0.3, 0.4) is 0 Å². The molecule has 1 aliphatic rings. The molecule has 0 aliphatic carbocycles. The monoisotopic (exact) mass is 299 g/mol. The Hall–Kier alpha value is -0.880. The number of H-pyrrole nitrogens is 1. The minimum absolute atomic E-state index is 0.231. The third-order valence-corrected chi connectivity index (χ3v) is 6.65. The lowest BCUT2D eigenvalue weighted by Crippen LogP contribution is -2.42. The summed E-state index contributed by atoms with van der Waals surface area (Å²) in [5.74, 6) is 0.719. The van der Waals surface area contributed by atoms with Crippen LogP contribution >= 0.6 is 0 Å². The second-order valence-electron chi connectivity index (χ2n) is 5.66. The number of aromatic nitrogens is 2. The van der Waals surface area contributed by atoms with Crippen molar-refractivity contribution < 1.29 is 8.42 Å². The second kappa shape index (κ2) is 5.85. The average Bonchev–Trinajstić information content (AvgIpc) is 2.97. The average molecular weight is 299 g/mol. The van der Waals surface area contributed by atoms with Crippen molar-refractivity contribution in [3.63, 3.8) is 0 Å². The van der Waals surface area contributed by atoms with E-state index in [1.807, 2.05) is 6.92 Å². The molecule has 6 heteroatoms. The largest absolute Gasteiger partial charge is 0.332 e. The zero-order chi connectivity index (χ0) is 14.8. The lowest BCUT2D eigenvalue weighted by molar-refractivity contribution is 0.141. The van der Waals surface area contributed by atoms with E-state index in [1.54, 1.807) is 4.31 Å². The van der Waals surface area contributed by atoms with Crippen LogP contribution in [0, 0.1) is 5.41 Å². The van der Waals surface area contributed by atoms with Crippen molar-refractivity contribution in [2.75, 3.05) is 13.1 Å². The summed E-state index contributed by atoms with van der Waals surface area (Å²) < 4.78 is 26.7. The van der Waals surface area contributed by atoms with E-state index in [0.717, 1.165) is 31.5 Å². The van der Waals surface area contributed by atoms with E-state index in [9.17, 15) is 8.42 Å². The molecular weight excluding hydrogens is 274 g/mol. The first-order chi connectivity index (χ1) is 9.47. The minimum atomic E-state index is -3.40. The van der Waals surface area contributed by atoms with Crippen LogP contribution in [0.1, 0.15) is 52.3 Å². The predicted molar refractivity (Wildman–Crippen MR) is 79.0 cm³/mol. The van der Waals surface area contributed by atoms with Gasteiger partial charge in [-0.25, -0.2) is 13.4 Å². The maximum absolute atomic E-state index is 12.6. The van der Waals surface area contributed by atoms with Crippen molar-refractivity contribution >= 4 is 10.0 Å². The number of aryl methyl sites for hydroxylation is 1. The predicted octanol–water partition coefficient (Wildman–Crippen LogP) is 2.56. The first-order valence-corrected chi connectivity index (χ1v) is 8.95. The molecule has 0 radical (unpaired) electrons. The van der Waals surface area contributed by atoms with E-state index < -0.39 is 10.0 Å². The van der Waals surface area contributed by atoms with E-state index in [2.05, 4.69) is 23.8 Å².